The van der Waals surface area contributed by atoms with Crippen LogP contribution in [0.4, 0.5) is 0 Å². The highest BCUT2D eigenvalue weighted by Gasteiger charge is 2.33. The molecule has 1 atom stereocenters. The van der Waals surface area contributed by atoms with E-state index in [9.17, 15) is 5.11 Å². The van der Waals surface area contributed by atoms with Crippen LogP contribution < -0.4 is 9.47 Å². The van der Waals surface area contributed by atoms with Crippen LogP contribution in [-0.4, -0.2) is 10.9 Å². The van der Waals surface area contributed by atoms with Gasteiger partial charge in [0.25, 0.3) is 0 Å². The van der Waals surface area contributed by atoms with Crippen LogP contribution in [-0.2, 0) is 0 Å². The summed E-state index contributed by atoms with van der Waals surface area (Å²) in [6.45, 7) is 5.30. The Bertz CT molecular complexity index is 399. The molecule has 0 bridgehead atoms. The Labute approximate surface area is 93.6 Å². The summed E-state index contributed by atoms with van der Waals surface area (Å²) in [4.78, 5) is 0. The molecule has 0 saturated carbocycles. The molecular weight excluding hydrogens is 216 g/mol. The molecule has 0 fully saturated rings. The molecule has 1 unspecified atom stereocenters. The average Bonchev–Trinajstić information content (AvgIpc) is 2.39. The fourth-order valence-electron chi connectivity index (χ4n) is 1.54. The summed E-state index contributed by atoms with van der Waals surface area (Å²) in [5.41, 5.74) is 0.722. The molecule has 0 amide bonds. The largest absolute Gasteiger partial charge is 0.449 e. The van der Waals surface area contributed by atoms with Crippen LogP contribution in [0.15, 0.2) is 12.1 Å². The number of aliphatic hydroxyl groups excluding tert-OH is 1. The van der Waals surface area contributed by atoms with Crippen molar-refractivity contribution in [2.75, 3.05) is 0 Å². The second kappa shape index (κ2) is 3.29. The molecule has 1 aromatic rings. The molecule has 1 N–H and O–H groups in total. The van der Waals surface area contributed by atoms with Gasteiger partial charge in [0.15, 0.2) is 11.5 Å². The molecule has 2 rings (SSSR count). The van der Waals surface area contributed by atoms with Gasteiger partial charge >= 0.3 is 0 Å². The molecule has 1 heterocycles. The molecule has 0 aromatic heterocycles. The third kappa shape index (κ3) is 1.90. The maximum atomic E-state index is 9.45. The van der Waals surface area contributed by atoms with Crippen molar-refractivity contribution in [2.24, 2.45) is 0 Å². The molecule has 1 aliphatic heterocycles. The van der Waals surface area contributed by atoms with Crippen LogP contribution in [0, 0.1) is 0 Å². The quantitative estimate of drug-likeness (QED) is 0.803. The van der Waals surface area contributed by atoms with Crippen LogP contribution in [0.2, 0.25) is 5.02 Å². The van der Waals surface area contributed by atoms with Crippen LogP contribution in [0.3, 0.4) is 0 Å². The Morgan fingerprint density at radius 2 is 2.00 bits per heavy atom. The zero-order chi connectivity index (χ0) is 11.2. The smallest absolute Gasteiger partial charge is 0.246 e. The number of hydrogen-bond donors (Lipinski definition) is 1. The van der Waals surface area contributed by atoms with Gasteiger partial charge in [-0.15, -0.1) is 0 Å². The first kappa shape index (κ1) is 10.6. The molecule has 1 aromatic carbocycles. The second-order valence-corrected chi connectivity index (χ2v) is 4.52. The van der Waals surface area contributed by atoms with Crippen molar-refractivity contribution in [3.63, 3.8) is 0 Å². The van der Waals surface area contributed by atoms with E-state index >= 15 is 0 Å². The fourth-order valence-corrected chi connectivity index (χ4v) is 1.79. The van der Waals surface area contributed by atoms with Crippen molar-refractivity contribution in [3.8, 4) is 11.5 Å². The van der Waals surface area contributed by atoms with Crippen LogP contribution >= 0.6 is 11.6 Å². The predicted molar refractivity (Wildman–Crippen MR) is 57.4 cm³/mol. The SMILES string of the molecule is CC(O)c1cc(Cl)c2c(c1)OC(C)(C)O2. The van der Waals surface area contributed by atoms with Crippen LogP contribution in [0.1, 0.15) is 32.4 Å². The summed E-state index contributed by atoms with van der Waals surface area (Å²) in [7, 11) is 0. The molecule has 3 nitrogen and oxygen atoms in total. The number of halogens is 1. The van der Waals surface area contributed by atoms with Crippen molar-refractivity contribution in [2.45, 2.75) is 32.7 Å². The topological polar surface area (TPSA) is 38.7 Å². The maximum absolute atomic E-state index is 9.45. The highest BCUT2D eigenvalue weighted by atomic mass is 35.5. The van der Waals surface area contributed by atoms with Crippen molar-refractivity contribution in [1.82, 2.24) is 0 Å². The molecule has 0 aliphatic carbocycles. The number of benzene rings is 1. The second-order valence-electron chi connectivity index (χ2n) is 4.11. The van der Waals surface area contributed by atoms with E-state index in [1.54, 1.807) is 19.1 Å². The Balaban J connectivity index is 2.47. The molecule has 0 saturated heterocycles. The highest BCUT2D eigenvalue weighted by molar-refractivity contribution is 6.32. The van der Waals surface area contributed by atoms with Gasteiger partial charge in [0.2, 0.25) is 5.79 Å². The standard InChI is InChI=1S/C11H13ClO3/c1-6(13)7-4-8(12)10-9(5-7)14-11(2,3)15-10/h4-6,13H,1-3H3. The molecule has 15 heavy (non-hydrogen) atoms. The highest BCUT2D eigenvalue weighted by Crippen LogP contribution is 2.45. The summed E-state index contributed by atoms with van der Waals surface area (Å²) < 4.78 is 11.1. The van der Waals surface area contributed by atoms with E-state index in [1.807, 2.05) is 13.8 Å². The van der Waals surface area contributed by atoms with Gasteiger partial charge in [0.05, 0.1) is 11.1 Å². The first-order chi connectivity index (χ1) is 6.89. The molecule has 4 heteroatoms. The normalized spacial score (nSPS) is 19.0. The van der Waals surface area contributed by atoms with E-state index in [0.717, 1.165) is 5.56 Å². The van der Waals surface area contributed by atoms with Crippen molar-refractivity contribution < 1.29 is 14.6 Å². The van der Waals surface area contributed by atoms with Gasteiger partial charge < -0.3 is 14.6 Å². The third-order valence-corrected chi connectivity index (χ3v) is 2.50. The average molecular weight is 229 g/mol. The van der Waals surface area contributed by atoms with Crippen molar-refractivity contribution >= 4 is 11.6 Å². The van der Waals surface area contributed by atoms with Crippen LogP contribution in [0.5, 0.6) is 11.5 Å². The van der Waals surface area contributed by atoms with Gasteiger partial charge in [-0.2, -0.15) is 0 Å². The number of aliphatic hydroxyl groups is 1. The Hall–Kier alpha value is -0.930. The fraction of sp³-hybridized carbons (Fsp3) is 0.455. The first-order valence-corrected chi connectivity index (χ1v) is 5.16. The lowest BCUT2D eigenvalue weighted by Gasteiger charge is -2.16. The lowest BCUT2D eigenvalue weighted by molar-refractivity contribution is -0.0431. The van der Waals surface area contributed by atoms with E-state index in [0.29, 0.717) is 16.5 Å². The summed E-state index contributed by atoms with van der Waals surface area (Å²) in [6.07, 6.45) is -0.569. The third-order valence-electron chi connectivity index (χ3n) is 2.22. The Morgan fingerprint density at radius 1 is 1.33 bits per heavy atom. The summed E-state index contributed by atoms with van der Waals surface area (Å²) in [6, 6.07) is 3.44. The van der Waals surface area contributed by atoms with E-state index in [2.05, 4.69) is 0 Å². The summed E-state index contributed by atoms with van der Waals surface area (Å²) in [5, 5.41) is 9.92. The lowest BCUT2D eigenvalue weighted by Crippen LogP contribution is -2.29. The van der Waals surface area contributed by atoms with Gasteiger partial charge in [-0.05, 0) is 24.6 Å². The minimum absolute atomic E-state index is 0.467. The number of fused-ring (bicyclic) bond motifs is 1. The van der Waals surface area contributed by atoms with Crippen molar-refractivity contribution in [3.05, 3.63) is 22.7 Å². The van der Waals surface area contributed by atoms with E-state index in [-0.39, 0.29) is 0 Å². The van der Waals surface area contributed by atoms with Gasteiger partial charge in [-0.25, -0.2) is 0 Å². The molecular formula is C11H13ClO3. The summed E-state index contributed by atoms with van der Waals surface area (Å²) in [5.74, 6) is 0.443. The zero-order valence-electron chi connectivity index (χ0n) is 8.87. The molecule has 82 valence electrons. The Kier molecular flexibility index (Phi) is 2.32. The molecule has 0 radical (unpaired) electrons. The van der Waals surface area contributed by atoms with Crippen molar-refractivity contribution in [1.29, 1.82) is 0 Å². The van der Waals surface area contributed by atoms with Gasteiger partial charge in [0.1, 0.15) is 0 Å². The van der Waals surface area contributed by atoms with Gasteiger partial charge in [0, 0.05) is 13.8 Å². The van der Waals surface area contributed by atoms with Gasteiger partial charge in [-0.1, -0.05) is 11.6 Å². The monoisotopic (exact) mass is 228 g/mol. The minimum Gasteiger partial charge on any atom is -0.449 e. The van der Waals surface area contributed by atoms with Crippen LogP contribution in [0.25, 0.3) is 0 Å². The van der Waals surface area contributed by atoms with E-state index < -0.39 is 11.9 Å². The van der Waals surface area contributed by atoms with Gasteiger partial charge in [-0.3, -0.25) is 0 Å². The molecule has 0 spiro atoms. The van der Waals surface area contributed by atoms with E-state index in [1.165, 1.54) is 0 Å². The first-order valence-electron chi connectivity index (χ1n) is 4.78. The lowest BCUT2D eigenvalue weighted by atomic mass is 10.1. The number of hydrogen-bond acceptors (Lipinski definition) is 3. The minimum atomic E-state index is -0.691. The Morgan fingerprint density at radius 3 is 2.60 bits per heavy atom. The molecule has 1 aliphatic rings. The number of ether oxygens (including phenoxy) is 2. The predicted octanol–water partition coefficient (Wildman–Crippen LogP) is 2.90. The number of rotatable bonds is 1. The zero-order valence-corrected chi connectivity index (χ0v) is 9.63. The van der Waals surface area contributed by atoms with E-state index in [4.69, 9.17) is 21.1 Å². The maximum Gasteiger partial charge on any atom is 0.246 e. The summed E-state index contributed by atoms with van der Waals surface area (Å²) >= 11 is 6.03.